The van der Waals surface area contributed by atoms with Crippen molar-refractivity contribution in [3.8, 4) is 0 Å². The second kappa shape index (κ2) is 2.94. The molecule has 2 rings (SSSR count). The highest BCUT2D eigenvalue weighted by Gasteiger charge is 2.31. The van der Waals surface area contributed by atoms with Crippen molar-refractivity contribution < 1.29 is 0 Å². The fourth-order valence-electron chi connectivity index (χ4n) is 2.17. The van der Waals surface area contributed by atoms with Crippen molar-refractivity contribution in [2.45, 2.75) is 37.6 Å². The van der Waals surface area contributed by atoms with E-state index in [-0.39, 0.29) is 0 Å². The first-order chi connectivity index (χ1) is 5.41. The Bertz CT molecular complexity index is 157. The molecule has 1 fully saturated rings. The van der Waals surface area contributed by atoms with Crippen LogP contribution in [0.4, 0.5) is 0 Å². The van der Waals surface area contributed by atoms with Gasteiger partial charge in [-0.2, -0.15) is 0 Å². The van der Waals surface area contributed by atoms with Gasteiger partial charge in [-0.05, 0) is 12.8 Å². The molecule has 2 aliphatic rings. The number of nitrogens with one attached hydrogen (secondary N) is 1. The SMILES string of the molecule is C1=NC2(CCCCC2)CNC1. The second-order valence-corrected chi connectivity index (χ2v) is 3.73. The molecule has 0 aromatic carbocycles. The van der Waals surface area contributed by atoms with Gasteiger partial charge in [-0.3, -0.25) is 4.99 Å². The van der Waals surface area contributed by atoms with Crippen LogP contribution in [-0.4, -0.2) is 24.8 Å². The van der Waals surface area contributed by atoms with Crippen molar-refractivity contribution in [2.24, 2.45) is 4.99 Å². The third-order valence-corrected chi connectivity index (χ3v) is 2.84. The highest BCUT2D eigenvalue weighted by Crippen LogP contribution is 2.31. The summed E-state index contributed by atoms with van der Waals surface area (Å²) in [5.41, 5.74) is 0.316. The van der Waals surface area contributed by atoms with Crippen molar-refractivity contribution in [2.75, 3.05) is 13.1 Å². The lowest BCUT2D eigenvalue weighted by Gasteiger charge is -2.35. The van der Waals surface area contributed by atoms with Gasteiger partial charge in [-0.15, -0.1) is 0 Å². The molecule has 0 unspecified atom stereocenters. The molecule has 1 N–H and O–H groups in total. The highest BCUT2D eigenvalue weighted by atomic mass is 15.0. The molecule has 0 aromatic rings. The Balaban J connectivity index is 2.06. The van der Waals surface area contributed by atoms with Crippen LogP contribution in [0, 0.1) is 0 Å². The fraction of sp³-hybridized carbons (Fsp3) is 0.889. The average Bonchev–Trinajstić information content (AvgIpc) is 2.07. The minimum Gasteiger partial charge on any atom is -0.309 e. The van der Waals surface area contributed by atoms with Crippen molar-refractivity contribution in [3.63, 3.8) is 0 Å². The monoisotopic (exact) mass is 152 g/mol. The minimum absolute atomic E-state index is 0.316. The summed E-state index contributed by atoms with van der Waals surface area (Å²) in [5, 5.41) is 3.40. The molecule has 1 aliphatic heterocycles. The van der Waals surface area contributed by atoms with E-state index in [0.29, 0.717) is 5.54 Å². The van der Waals surface area contributed by atoms with E-state index in [1.807, 2.05) is 0 Å². The summed E-state index contributed by atoms with van der Waals surface area (Å²) in [6.07, 6.45) is 8.82. The molecule has 1 aliphatic carbocycles. The maximum absolute atomic E-state index is 4.63. The van der Waals surface area contributed by atoms with Crippen LogP contribution in [0.3, 0.4) is 0 Å². The summed E-state index contributed by atoms with van der Waals surface area (Å²) in [6, 6.07) is 0. The zero-order chi connectivity index (χ0) is 7.57. The predicted molar refractivity (Wildman–Crippen MR) is 47.2 cm³/mol. The van der Waals surface area contributed by atoms with Crippen molar-refractivity contribution >= 4 is 6.21 Å². The van der Waals surface area contributed by atoms with E-state index < -0.39 is 0 Å². The molecule has 1 heterocycles. The van der Waals surface area contributed by atoms with Crippen molar-refractivity contribution in [1.82, 2.24) is 5.32 Å². The maximum Gasteiger partial charge on any atom is 0.0728 e. The Labute approximate surface area is 68.1 Å². The molecule has 0 amide bonds. The van der Waals surface area contributed by atoms with Gasteiger partial charge in [0.05, 0.1) is 5.54 Å². The van der Waals surface area contributed by atoms with Gasteiger partial charge >= 0.3 is 0 Å². The molecular weight excluding hydrogens is 136 g/mol. The Morgan fingerprint density at radius 2 is 2.00 bits per heavy atom. The fourth-order valence-corrected chi connectivity index (χ4v) is 2.17. The smallest absolute Gasteiger partial charge is 0.0728 e. The maximum atomic E-state index is 4.63. The molecule has 0 radical (unpaired) electrons. The summed E-state index contributed by atoms with van der Waals surface area (Å²) < 4.78 is 0. The summed E-state index contributed by atoms with van der Waals surface area (Å²) in [6.45, 7) is 2.09. The second-order valence-electron chi connectivity index (χ2n) is 3.73. The molecular formula is C9H16N2. The van der Waals surface area contributed by atoms with Gasteiger partial charge in [0.15, 0.2) is 0 Å². The lowest BCUT2D eigenvalue weighted by molar-refractivity contribution is 0.284. The number of aliphatic imine (C=N–C) groups is 1. The van der Waals surface area contributed by atoms with E-state index in [0.717, 1.165) is 13.1 Å². The molecule has 11 heavy (non-hydrogen) atoms. The highest BCUT2D eigenvalue weighted by molar-refractivity contribution is 5.61. The van der Waals surface area contributed by atoms with Gasteiger partial charge in [0.25, 0.3) is 0 Å². The molecule has 2 heteroatoms. The van der Waals surface area contributed by atoms with Gasteiger partial charge in [-0.1, -0.05) is 19.3 Å². The first kappa shape index (κ1) is 7.29. The number of hydrogen-bond donors (Lipinski definition) is 1. The summed E-state index contributed by atoms with van der Waals surface area (Å²) in [5.74, 6) is 0. The molecule has 1 spiro atoms. The largest absolute Gasteiger partial charge is 0.309 e. The molecule has 1 saturated carbocycles. The first-order valence-corrected chi connectivity index (χ1v) is 4.66. The Morgan fingerprint density at radius 3 is 2.64 bits per heavy atom. The number of nitrogens with zero attached hydrogens (tertiary/aromatic N) is 1. The lowest BCUT2D eigenvalue weighted by atomic mass is 9.81. The van der Waals surface area contributed by atoms with Crippen LogP contribution >= 0.6 is 0 Å². The zero-order valence-corrected chi connectivity index (χ0v) is 6.97. The van der Waals surface area contributed by atoms with E-state index >= 15 is 0 Å². The Kier molecular flexibility index (Phi) is 1.95. The third-order valence-electron chi connectivity index (χ3n) is 2.84. The summed E-state index contributed by atoms with van der Waals surface area (Å²) >= 11 is 0. The number of hydrogen-bond acceptors (Lipinski definition) is 2. The molecule has 0 atom stereocenters. The average molecular weight is 152 g/mol. The molecule has 0 aromatic heterocycles. The summed E-state index contributed by atoms with van der Waals surface area (Å²) in [4.78, 5) is 4.63. The van der Waals surface area contributed by atoms with Gasteiger partial charge in [0.1, 0.15) is 0 Å². The Morgan fingerprint density at radius 1 is 1.18 bits per heavy atom. The normalized spacial score (nSPS) is 29.1. The van der Waals surface area contributed by atoms with E-state index in [1.165, 1.54) is 32.1 Å². The lowest BCUT2D eigenvalue weighted by Crippen LogP contribution is -2.44. The van der Waals surface area contributed by atoms with Crippen molar-refractivity contribution in [3.05, 3.63) is 0 Å². The standard InChI is InChI=1S/C9H16N2/c1-2-4-9(5-3-1)8-10-6-7-11-9/h7,10H,1-6,8H2. The summed E-state index contributed by atoms with van der Waals surface area (Å²) in [7, 11) is 0. The van der Waals surface area contributed by atoms with Gasteiger partial charge in [0.2, 0.25) is 0 Å². The molecule has 0 saturated heterocycles. The van der Waals surface area contributed by atoms with Crippen LogP contribution < -0.4 is 5.32 Å². The zero-order valence-electron chi connectivity index (χ0n) is 6.97. The predicted octanol–water partition coefficient (Wildman–Crippen LogP) is 1.36. The van der Waals surface area contributed by atoms with Gasteiger partial charge < -0.3 is 5.32 Å². The van der Waals surface area contributed by atoms with Crippen LogP contribution in [0.5, 0.6) is 0 Å². The van der Waals surface area contributed by atoms with Crippen LogP contribution in [0.25, 0.3) is 0 Å². The van der Waals surface area contributed by atoms with Gasteiger partial charge in [-0.25, -0.2) is 0 Å². The number of rotatable bonds is 0. The topological polar surface area (TPSA) is 24.4 Å². The van der Waals surface area contributed by atoms with E-state index in [2.05, 4.69) is 16.5 Å². The van der Waals surface area contributed by atoms with Crippen molar-refractivity contribution in [1.29, 1.82) is 0 Å². The quantitative estimate of drug-likeness (QED) is 0.557. The first-order valence-electron chi connectivity index (χ1n) is 4.66. The molecule has 0 bridgehead atoms. The van der Waals surface area contributed by atoms with Crippen LogP contribution in [0.1, 0.15) is 32.1 Å². The van der Waals surface area contributed by atoms with E-state index in [4.69, 9.17) is 0 Å². The van der Waals surface area contributed by atoms with E-state index in [1.54, 1.807) is 0 Å². The van der Waals surface area contributed by atoms with Gasteiger partial charge in [0, 0.05) is 19.3 Å². The minimum atomic E-state index is 0.316. The van der Waals surface area contributed by atoms with Crippen LogP contribution in [0.15, 0.2) is 4.99 Å². The van der Waals surface area contributed by atoms with Crippen LogP contribution in [0.2, 0.25) is 0 Å². The van der Waals surface area contributed by atoms with E-state index in [9.17, 15) is 0 Å². The van der Waals surface area contributed by atoms with Crippen LogP contribution in [-0.2, 0) is 0 Å². The third kappa shape index (κ3) is 1.45. The Hall–Kier alpha value is -0.370. The molecule has 2 nitrogen and oxygen atoms in total. The molecule has 62 valence electrons.